The van der Waals surface area contributed by atoms with E-state index in [1.54, 1.807) is 0 Å². The second kappa shape index (κ2) is 5.80. The lowest BCUT2D eigenvalue weighted by Gasteiger charge is -2.19. The second-order valence-electron chi connectivity index (χ2n) is 6.31. The van der Waals surface area contributed by atoms with Crippen LogP contribution in [-0.4, -0.2) is 11.5 Å². The van der Waals surface area contributed by atoms with Crippen molar-refractivity contribution in [1.29, 1.82) is 0 Å². The van der Waals surface area contributed by atoms with Gasteiger partial charge < -0.3 is 11.1 Å². The largest absolute Gasteiger partial charge is 0.389 e. The SMILES string of the molecule is CC(C)(C)CCNc1ccc(C(N)=S)c2ccccc12. The van der Waals surface area contributed by atoms with Gasteiger partial charge in [-0.25, -0.2) is 0 Å². The van der Waals surface area contributed by atoms with Crippen LogP contribution in [0.1, 0.15) is 32.8 Å². The molecule has 0 bridgehead atoms. The first kappa shape index (κ1) is 14.8. The van der Waals surface area contributed by atoms with Gasteiger partial charge in [0.2, 0.25) is 0 Å². The van der Waals surface area contributed by atoms with Crippen LogP contribution >= 0.6 is 12.2 Å². The first-order chi connectivity index (χ1) is 9.38. The summed E-state index contributed by atoms with van der Waals surface area (Å²) >= 11 is 5.13. The highest BCUT2D eigenvalue weighted by Crippen LogP contribution is 2.27. The van der Waals surface area contributed by atoms with Crippen molar-refractivity contribution in [3.05, 3.63) is 42.0 Å². The first-order valence-electron chi connectivity index (χ1n) is 6.94. The molecule has 0 aliphatic rings. The van der Waals surface area contributed by atoms with Crippen LogP contribution in [0.4, 0.5) is 5.69 Å². The summed E-state index contributed by atoms with van der Waals surface area (Å²) in [6, 6.07) is 12.3. The Balaban J connectivity index is 2.31. The number of nitrogens with two attached hydrogens (primary N) is 1. The monoisotopic (exact) mass is 286 g/mol. The number of nitrogens with one attached hydrogen (secondary N) is 1. The van der Waals surface area contributed by atoms with Crippen molar-refractivity contribution in [3.63, 3.8) is 0 Å². The van der Waals surface area contributed by atoms with Gasteiger partial charge >= 0.3 is 0 Å². The van der Waals surface area contributed by atoms with Crippen LogP contribution in [0.2, 0.25) is 0 Å². The Labute approximate surface area is 126 Å². The maximum atomic E-state index is 5.80. The molecule has 0 amide bonds. The first-order valence-corrected chi connectivity index (χ1v) is 7.35. The van der Waals surface area contributed by atoms with Crippen LogP contribution in [0, 0.1) is 5.41 Å². The summed E-state index contributed by atoms with van der Waals surface area (Å²) in [6.07, 6.45) is 1.12. The molecule has 0 saturated heterocycles. The van der Waals surface area contributed by atoms with E-state index < -0.39 is 0 Å². The number of benzene rings is 2. The Kier molecular flexibility index (Phi) is 4.29. The van der Waals surface area contributed by atoms with E-state index in [1.165, 1.54) is 5.39 Å². The van der Waals surface area contributed by atoms with Crippen molar-refractivity contribution in [2.24, 2.45) is 11.1 Å². The highest BCUT2D eigenvalue weighted by molar-refractivity contribution is 7.80. The number of thiocarbonyl (C=S) groups is 1. The van der Waals surface area contributed by atoms with Crippen LogP contribution in [0.15, 0.2) is 36.4 Å². The summed E-state index contributed by atoms with van der Waals surface area (Å²) in [6.45, 7) is 7.72. The van der Waals surface area contributed by atoms with Gasteiger partial charge in [-0.2, -0.15) is 0 Å². The zero-order chi connectivity index (χ0) is 14.8. The predicted molar refractivity (Wildman–Crippen MR) is 92.4 cm³/mol. The third-order valence-electron chi connectivity index (χ3n) is 3.38. The Hall–Kier alpha value is -1.61. The molecule has 0 aliphatic heterocycles. The Morgan fingerprint density at radius 1 is 1.10 bits per heavy atom. The second-order valence-corrected chi connectivity index (χ2v) is 6.75. The molecule has 0 heterocycles. The lowest BCUT2D eigenvalue weighted by Crippen LogP contribution is -2.14. The molecule has 0 fully saturated rings. The third kappa shape index (κ3) is 3.48. The van der Waals surface area contributed by atoms with Crippen LogP contribution < -0.4 is 11.1 Å². The maximum Gasteiger partial charge on any atom is 0.104 e. The quantitative estimate of drug-likeness (QED) is 0.822. The fourth-order valence-corrected chi connectivity index (χ4v) is 2.42. The summed E-state index contributed by atoms with van der Waals surface area (Å²) in [5, 5.41) is 5.81. The molecule has 2 aromatic rings. The summed E-state index contributed by atoms with van der Waals surface area (Å²) in [5.41, 5.74) is 8.22. The molecule has 0 unspecified atom stereocenters. The average Bonchev–Trinajstić information content (AvgIpc) is 2.37. The minimum atomic E-state index is 0.335. The van der Waals surface area contributed by atoms with Gasteiger partial charge in [-0.15, -0.1) is 0 Å². The molecule has 106 valence electrons. The fourth-order valence-electron chi connectivity index (χ4n) is 2.24. The number of fused-ring (bicyclic) bond motifs is 1. The number of hydrogen-bond acceptors (Lipinski definition) is 2. The van der Waals surface area contributed by atoms with Crippen LogP contribution in [-0.2, 0) is 0 Å². The van der Waals surface area contributed by atoms with E-state index in [2.05, 4.69) is 44.3 Å². The molecule has 3 heteroatoms. The van der Waals surface area contributed by atoms with Crippen molar-refractivity contribution in [2.45, 2.75) is 27.2 Å². The van der Waals surface area contributed by atoms with Crippen molar-refractivity contribution >= 4 is 33.7 Å². The predicted octanol–water partition coefficient (Wildman–Crippen LogP) is 4.32. The summed E-state index contributed by atoms with van der Waals surface area (Å²) < 4.78 is 0. The molecule has 2 rings (SSSR count). The normalized spacial score (nSPS) is 11.6. The van der Waals surface area contributed by atoms with Crippen LogP contribution in [0.5, 0.6) is 0 Å². The molecule has 0 saturated carbocycles. The molecular weight excluding hydrogens is 264 g/mol. The lowest BCUT2D eigenvalue weighted by atomic mass is 9.92. The smallest absolute Gasteiger partial charge is 0.104 e. The summed E-state index contributed by atoms with van der Waals surface area (Å²) in [5.74, 6) is 0. The van der Waals surface area contributed by atoms with Gasteiger partial charge in [0, 0.05) is 23.2 Å². The number of anilines is 1. The van der Waals surface area contributed by atoms with Crippen LogP contribution in [0.25, 0.3) is 10.8 Å². The minimum Gasteiger partial charge on any atom is -0.389 e. The summed E-state index contributed by atoms with van der Waals surface area (Å²) in [4.78, 5) is 0.447. The van der Waals surface area contributed by atoms with E-state index in [1.807, 2.05) is 18.2 Å². The average molecular weight is 286 g/mol. The van der Waals surface area contributed by atoms with E-state index >= 15 is 0 Å². The molecule has 0 atom stereocenters. The molecule has 0 aromatic heterocycles. The summed E-state index contributed by atoms with van der Waals surface area (Å²) in [7, 11) is 0. The minimum absolute atomic E-state index is 0.335. The molecule has 0 aliphatic carbocycles. The van der Waals surface area contributed by atoms with Gasteiger partial charge in [0.05, 0.1) is 0 Å². The van der Waals surface area contributed by atoms with Crippen molar-refractivity contribution < 1.29 is 0 Å². The molecule has 0 radical (unpaired) electrons. The van der Waals surface area contributed by atoms with E-state index in [9.17, 15) is 0 Å². The number of hydrogen-bond donors (Lipinski definition) is 2. The van der Waals surface area contributed by atoms with Gasteiger partial charge in [0.1, 0.15) is 4.99 Å². The van der Waals surface area contributed by atoms with Gasteiger partial charge in [0.25, 0.3) is 0 Å². The van der Waals surface area contributed by atoms with E-state index in [-0.39, 0.29) is 0 Å². The maximum absolute atomic E-state index is 5.80. The third-order valence-corrected chi connectivity index (χ3v) is 3.60. The molecular formula is C17H22N2S. The lowest BCUT2D eigenvalue weighted by molar-refractivity contribution is 0.390. The van der Waals surface area contributed by atoms with Gasteiger partial charge in [0.15, 0.2) is 0 Å². The Morgan fingerprint density at radius 2 is 1.75 bits per heavy atom. The van der Waals surface area contributed by atoms with Crippen LogP contribution in [0.3, 0.4) is 0 Å². The fraction of sp³-hybridized carbons (Fsp3) is 0.353. The van der Waals surface area contributed by atoms with Crippen molar-refractivity contribution in [2.75, 3.05) is 11.9 Å². The van der Waals surface area contributed by atoms with Crippen molar-refractivity contribution in [3.8, 4) is 0 Å². The highest BCUT2D eigenvalue weighted by atomic mass is 32.1. The molecule has 0 spiro atoms. The zero-order valence-electron chi connectivity index (χ0n) is 12.4. The topological polar surface area (TPSA) is 38.0 Å². The van der Waals surface area contributed by atoms with E-state index in [4.69, 9.17) is 18.0 Å². The molecule has 2 aromatic carbocycles. The molecule has 20 heavy (non-hydrogen) atoms. The van der Waals surface area contributed by atoms with Gasteiger partial charge in [-0.1, -0.05) is 57.3 Å². The van der Waals surface area contributed by atoms with Gasteiger partial charge in [-0.05, 0) is 29.4 Å². The standard InChI is InChI=1S/C17H22N2S/c1-17(2,3)10-11-19-15-9-8-14(16(18)20)12-6-4-5-7-13(12)15/h4-9,19H,10-11H2,1-3H3,(H2,18,20). The molecule has 2 nitrogen and oxygen atoms in total. The Morgan fingerprint density at radius 3 is 2.35 bits per heavy atom. The van der Waals surface area contributed by atoms with Gasteiger partial charge in [-0.3, -0.25) is 0 Å². The van der Waals surface area contributed by atoms with E-state index in [0.717, 1.165) is 29.6 Å². The number of rotatable bonds is 4. The van der Waals surface area contributed by atoms with Crippen molar-refractivity contribution in [1.82, 2.24) is 0 Å². The molecule has 3 N–H and O–H groups in total. The zero-order valence-corrected chi connectivity index (χ0v) is 13.2. The highest BCUT2D eigenvalue weighted by Gasteiger charge is 2.11. The van der Waals surface area contributed by atoms with E-state index in [0.29, 0.717) is 10.4 Å². The Bertz CT molecular complexity index is 626.